The molecule has 14 heavy (non-hydrogen) atoms. The molecule has 3 nitrogen and oxygen atoms in total. The van der Waals surface area contributed by atoms with Crippen molar-refractivity contribution in [2.75, 3.05) is 26.2 Å². The highest BCUT2D eigenvalue weighted by molar-refractivity contribution is 4.65. The Morgan fingerprint density at radius 3 is 2.29 bits per heavy atom. The predicted molar refractivity (Wildman–Crippen MR) is 47.8 cm³/mol. The lowest BCUT2D eigenvalue weighted by Crippen LogP contribution is -2.38. The summed E-state index contributed by atoms with van der Waals surface area (Å²) in [6.45, 7) is 1.20. The van der Waals surface area contributed by atoms with Crippen LogP contribution in [0.15, 0.2) is 0 Å². The third-order valence-corrected chi connectivity index (χ3v) is 1.71. The Labute approximate surface area is 81.7 Å². The molecule has 0 aromatic carbocycles. The zero-order valence-corrected chi connectivity index (χ0v) is 8.22. The van der Waals surface area contributed by atoms with E-state index >= 15 is 0 Å². The maximum absolute atomic E-state index is 12.0. The van der Waals surface area contributed by atoms with Gasteiger partial charge in [0.15, 0.2) is 0 Å². The lowest BCUT2D eigenvalue weighted by molar-refractivity contribution is -0.146. The molecule has 0 aromatic rings. The highest BCUT2D eigenvalue weighted by atomic mass is 19.4. The number of alkyl halides is 3. The molecule has 0 radical (unpaired) electrons. The summed E-state index contributed by atoms with van der Waals surface area (Å²) in [6, 6.07) is 0. The van der Waals surface area contributed by atoms with Crippen molar-refractivity contribution in [1.82, 2.24) is 4.90 Å². The second-order valence-corrected chi connectivity index (χ2v) is 3.32. The molecule has 0 bridgehead atoms. The maximum atomic E-state index is 12.0. The van der Waals surface area contributed by atoms with Crippen molar-refractivity contribution in [1.29, 1.82) is 0 Å². The van der Waals surface area contributed by atoms with E-state index in [9.17, 15) is 13.2 Å². The Bertz CT molecular complexity index is 150. The first kappa shape index (κ1) is 13.7. The van der Waals surface area contributed by atoms with Gasteiger partial charge >= 0.3 is 6.18 Å². The van der Waals surface area contributed by atoms with Crippen molar-refractivity contribution >= 4 is 0 Å². The molecule has 0 saturated heterocycles. The van der Waals surface area contributed by atoms with Crippen LogP contribution in [0.5, 0.6) is 0 Å². The summed E-state index contributed by atoms with van der Waals surface area (Å²) in [4.78, 5) is 1.20. The molecule has 0 rings (SSSR count). The molecule has 6 heteroatoms. The number of hydrogen-bond acceptors (Lipinski definition) is 3. The molecule has 0 amide bonds. The number of hydrogen-bond donors (Lipinski definition) is 2. The molecule has 0 saturated carbocycles. The van der Waals surface area contributed by atoms with E-state index in [2.05, 4.69) is 0 Å². The van der Waals surface area contributed by atoms with Crippen molar-refractivity contribution in [3.63, 3.8) is 0 Å². The van der Waals surface area contributed by atoms with Crippen LogP contribution in [0, 0.1) is 0 Å². The van der Waals surface area contributed by atoms with Gasteiger partial charge in [-0.1, -0.05) is 0 Å². The average molecular weight is 214 g/mol. The standard InChI is InChI=1S/C8H17F3N2O/c1-7(14)2-4-13(5-3-12)6-8(9,10)11/h7,14H,2-6,12H2,1H3. The zero-order chi connectivity index (χ0) is 11.2. The molecule has 1 atom stereocenters. The molecular formula is C8H17F3N2O. The van der Waals surface area contributed by atoms with E-state index in [1.54, 1.807) is 6.92 Å². The predicted octanol–water partition coefficient (Wildman–Crippen LogP) is 0.580. The Morgan fingerprint density at radius 1 is 1.36 bits per heavy atom. The van der Waals surface area contributed by atoms with E-state index in [1.165, 1.54) is 4.90 Å². The van der Waals surface area contributed by atoms with Crippen molar-refractivity contribution < 1.29 is 18.3 Å². The summed E-state index contributed by atoms with van der Waals surface area (Å²) in [5.41, 5.74) is 5.18. The topological polar surface area (TPSA) is 49.5 Å². The minimum Gasteiger partial charge on any atom is -0.393 e. The van der Waals surface area contributed by atoms with Gasteiger partial charge in [-0.2, -0.15) is 13.2 Å². The molecule has 0 spiro atoms. The van der Waals surface area contributed by atoms with Crippen LogP contribution in [0.4, 0.5) is 13.2 Å². The fraction of sp³-hybridized carbons (Fsp3) is 1.00. The SMILES string of the molecule is CC(O)CCN(CCN)CC(F)(F)F. The summed E-state index contributed by atoms with van der Waals surface area (Å²) < 4.78 is 36.0. The quantitative estimate of drug-likeness (QED) is 0.680. The van der Waals surface area contributed by atoms with E-state index in [0.717, 1.165) is 0 Å². The zero-order valence-electron chi connectivity index (χ0n) is 8.22. The fourth-order valence-corrected chi connectivity index (χ4v) is 1.08. The maximum Gasteiger partial charge on any atom is 0.401 e. The van der Waals surface area contributed by atoms with Crippen LogP contribution in [0.2, 0.25) is 0 Å². The van der Waals surface area contributed by atoms with Crippen molar-refractivity contribution in [2.24, 2.45) is 5.73 Å². The van der Waals surface area contributed by atoms with Crippen LogP contribution in [-0.2, 0) is 0 Å². The largest absolute Gasteiger partial charge is 0.401 e. The Hall–Kier alpha value is -0.330. The van der Waals surface area contributed by atoms with E-state index in [-0.39, 0.29) is 19.6 Å². The second-order valence-electron chi connectivity index (χ2n) is 3.32. The van der Waals surface area contributed by atoms with E-state index in [4.69, 9.17) is 10.8 Å². The molecule has 3 N–H and O–H groups in total. The van der Waals surface area contributed by atoms with Crippen LogP contribution in [0.1, 0.15) is 13.3 Å². The van der Waals surface area contributed by atoms with Crippen molar-refractivity contribution in [2.45, 2.75) is 25.6 Å². The van der Waals surface area contributed by atoms with Gasteiger partial charge in [0.2, 0.25) is 0 Å². The molecule has 0 aliphatic heterocycles. The Balaban J connectivity index is 3.89. The van der Waals surface area contributed by atoms with Gasteiger partial charge in [0.05, 0.1) is 12.6 Å². The van der Waals surface area contributed by atoms with Gasteiger partial charge in [-0.05, 0) is 13.3 Å². The average Bonchev–Trinajstić information content (AvgIpc) is 1.98. The molecule has 0 heterocycles. The summed E-state index contributed by atoms with van der Waals surface area (Å²) in [6.07, 6.45) is -4.45. The number of rotatable bonds is 6. The lowest BCUT2D eigenvalue weighted by atomic mass is 10.2. The van der Waals surface area contributed by atoms with Crippen molar-refractivity contribution in [3.8, 4) is 0 Å². The van der Waals surface area contributed by atoms with Gasteiger partial charge in [-0.15, -0.1) is 0 Å². The van der Waals surface area contributed by atoms with Gasteiger partial charge in [-0.25, -0.2) is 0 Å². The summed E-state index contributed by atoms with van der Waals surface area (Å²) in [5, 5.41) is 8.93. The summed E-state index contributed by atoms with van der Waals surface area (Å²) in [5.74, 6) is 0. The van der Waals surface area contributed by atoms with Gasteiger partial charge in [0.1, 0.15) is 0 Å². The van der Waals surface area contributed by atoms with Gasteiger partial charge < -0.3 is 10.8 Å². The molecule has 0 aliphatic carbocycles. The van der Waals surface area contributed by atoms with E-state index in [1.807, 2.05) is 0 Å². The first-order chi connectivity index (χ1) is 6.35. The summed E-state index contributed by atoms with van der Waals surface area (Å²) >= 11 is 0. The van der Waals surface area contributed by atoms with Crippen LogP contribution in [0.25, 0.3) is 0 Å². The third-order valence-electron chi connectivity index (χ3n) is 1.71. The lowest BCUT2D eigenvalue weighted by Gasteiger charge is -2.23. The Morgan fingerprint density at radius 2 is 1.93 bits per heavy atom. The summed E-state index contributed by atoms with van der Waals surface area (Å²) in [7, 11) is 0. The molecular weight excluding hydrogens is 197 g/mol. The van der Waals surface area contributed by atoms with Gasteiger partial charge in [-0.3, -0.25) is 4.90 Å². The highest BCUT2D eigenvalue weighted by Gasteiger charge is 2.30. The number of halogens is 3. The molecule has 1 unspecified atom stereocenters. The number of aliphatic hydroxyl groups excluding tert-OH is 1. The van der Waals surface area contributed by atoms with Crippen LogP contribution in [0.3, 0.4) is 0 Å². The van der Waals surface area contributed by atoms with E-state index in [0.29, 0.717) is 6.42 Å². The molecule has 0 aliphatic rings. The second kappa shape index (κ2) is 6.21. The van der Waals surface area contributed by atoms with Crippen LogP contribution in [-0.4, -0.2) is 48.5 Å². The van der Waals surface area contributed by atoms with Crippen LogP contribution >= 0.6 is 0 Å². The molecule has 0 aromatic heterocycles. The minimum atomic E-state index is -4.20. The number of nitrogens with zero attached hydrogens (tertiary/aromatic N) is 1. The minimum absolute atomic E-state index is 0.190. The highest BCUT2D eigenvalue weighted by Crippen LogP contribution is 2.16. The van der Waals surface area contributed by atoms with Crippen molar-refractivity contribution in [3.05, 3.63) is 0 Å². The third kappa shape index (κ3) is 8.28. The van der Waals surface area contributed by atoms with Gasteiger partial charge in [0, 0.05) is 19.6 Å². The first-order valence-electron chi connectivity index (χ1n) is 4.52. The molecule has 0 fully saturated rings. The number of aliphatic hydroxyl groups is 1. The Kier molecular flexibility index (Phi) is 6.06. The number of nitrogens with two attached hydrogens (primary N) is 1. The monoisotopic (exact) mass is 214 g/mol. The van der Waals surface area contributed by atoms with Crippen LogP contribution < -0.4 is 5.73 Å². The fourth-order valence-electron chi connectivity index (χ4n) is 1.08. The normalized spacial score (nSPS) is 14.8. The van der Waals surface area contributed by atoms with Gasteiger partial charge in [0.25, 0.3) is 0 Å². The smallest absolute Gasteiger partial charge is 0.393 e. The van der Waals surface area contributed by atoms with E-state index < -0.39 is 18.8 Å². The molecule has 86 valence electrons. The first-order valence-corrected chi connectivity index (χ1v) is 4.52.